The van der Waals surface area contributed by atoms with Gasteiger partial charge < -0.3 is 10.6 Å². The van der Waals surface area contributed by atoms with E-state index in [9.17, 15) is 0 Å². The summed E-state index contributed by atoms with van der Waals surface area (Å²) in [5.41, 5.74) is 0. The minimum Gasteiger partial charge on any atom is -0.363 e. The Morgan fingerprint density at radius 1 is 1.53 bits per heavy atom. The van der Waals surface area contributed by atoms with Crippen LogP contribution in [0.25, 0.3) is 0 Å². The molecule has 1 heterocycles. The summed E-state index contributed by atoms with van der Waals surface area (Å²) in [6, 6.07) is 4.57. The van der Waals surface area contributed by atoms with Gasteiger partial charge in [-0.05, 0) is 36.5 Å². The Balaban J connectivity index is 2.44. The van der Waals surface area contributed by atoms with E-state index in [2.05, 4.69) is 42.0 Å². The van der Waals surface area contributed by atoms with E-state index in [1.165, 1.54) is 4.88 Å². The lowest BCUT2D eigenvalue weighted by Crippen LogP contribution is -2.37. The van der Waals surface area contributed by atoms with Gasteiger partial charge in [0.25, 0.3) is 0 Å². The van der Waals surface area contributed by atoms with Gasteiger partial charge in [-0.1, -0.05) is 19.9 Å². The van der Waals surface area contributed by atoms with E-state index in [-0.39, 0.29) is 0 Å². The molecule has 0 saturated heterocycles. The summed E-state index contributed by atoms with van der Waals surface area (Å²) in [5.74, 6) is 0. The van der Waals surface area contributed by atoms with Crippen LogP contribution in [0.15, 0.2) is 17.5 Å². The molecule has 0 amide bonds. The Kier molecular flexibility index (Phi) is 5.65. The maximum atomic E-state index is 5.22. The van der Waals surface area contributed by atoms with Crippen molar-refractivity contribution in [1.29, 1.82) is 0 Å². The molecule has 0 saturated carbocycles. The predicted molar refractivity (Wildman–Crippen MR) is 71.4 cm³/mol. The minimum absolute atomic E-state index is 0.349. The molecule has 0 aliphatic carbocycles. The summed E-state index contributed by atoms with van der Waals surface area (Å²) >= 11 is 6.99. The minimum atomic E-state index is 0.349. The second-order valence-corrected chi connectivity index (χ2v) is 4.76. The lowest BCUT2D eigenvalue weighted by Gasteiger charge is -2.18. The summed E-state index contributed by atoms with van der Waals surface area (Å²) in [5, 5.41) is 9.38. The van der Waals surface area contributed by atoms with Crippen LogP contribution in [0.2, 0.25) is 0 Å². The van der Waals surface area contributed by atoms with Crippen molar-refractivity contribution in [3.05, 3.63) is 22.4 Å². The number of hydrogen-bond acceptors (Lipinski definition) is 2. The molecule has 15 heavy (non-hydrogen) atoms. The molecule has 1 aromatic heterocycles. The molecule has 0 fully saturated rings. The highest BCUT2D eigenvalue weighted by atomic mass is 32.1. The standard InChI is InChI=1S/C11H18N2S2/c1-3-7-12-11(14)13-9(4-2)10-6-5-8-15-10/h5-6,8-9H,3-4,7H2,1-2H3,(H2,12,13,14). The Morgan fingerprint density at radius 2 is 2.33 bits per heavy atom. The molecule has 0 aliphatic rings. The van der Waals surface area contributed by atoms with E-state index < -0.39 is 0 Å². The lowest BCUT2D eigenvalue weighted by atomic mass is 10.2. The summed E-state index contributed by atoms with van der Waals surface area (Å²) in [6.45, 7) is 5.23. The smallest absolute Gasteiger partial charge is 0.166 e. The number of hydrogen-bond donors (Lipinski definition) is 2. The molecule has 0 bridgehead atoms. The third-order valence-corrected chi connectivity index (χ3v) is 3.38. The molecule has 0 spiro atoms. The number of rotatable bonds is 5. The van der Waals surface area contributed by atoms with Gasteiger partial charge in [-0.3, -0.25) is 0 Å². The third kappa shape index (κ3) is 4.18. The first kappa shape index (κ1) is 12.5. The topological polar surface area (TPSA) is 24.1 Å². The van der Waals surface area contributed by atoms with Crippen molar-refractivity contribution < 1.29 is 0 Å². The second-order valence-electron chi connectivity index (χ2n) is 3.38. The molecule has 1 unspecified atom stereocenters. The quantitative estimate of drug-likeness (QED) is 0.776. The van der Waals surface area contributed by atoms with Crippen molar-refractivity contribution >= 4 is 28.7 Å². The Labute approximate surface area is 101 Å². The molecule has 1 rings (SSSR count). The molecule has 0 aromatic carbocycles. The van der Waals surface area contributed by atoms with Crippen LogP contribution in [0.1, 0.15) is 37.6 Å². The first-order chi connectivity index (χ1) is 7.27. The van der Waals surface area contributed by atoms with Crippen LogP contribution < -0.4 is 10.6 Å². The van der Waals surface area contributed by atoms with Gasteiger partial charge in [-0.2, -0.15) is 0 Å². The largest absolute Gasteiger partial charge is 0.363 e. The van der Waals surface area contributed by atoms with Crippen LogP contribution in [0.5, 0.6) is 0 Å². The fourth-order valence-corrected chi connectivity index (χ4v) is 2.42. The van der Waals surface area contributed by atoms with E-state index >= 15 is 0 Å². The maximum absolute atomic E-state index is 5.22. The SMILES string of the molecule is CCCNC(=S)NC(CC)c1cccs1. The highest BCUT2D eigenvalue weighted by molar-refractivity contribution is 7.80. The van der Waals surface area contributed by atoms with Crippen LogP contribution in [0, 0.1) is 0 Å². The molecule has 0 aliphatic heterocycles. The van der Waals surface area contributed by atoms with Gasteiger partial charge in [0.1, 0.15) is 0 Å². The predicted octanol–water partition coefficient (Wildman–Crippen LogP) is 3.07. The van der Waals surface area contributed by atoms with Gasteiger partial charge in [0, 0.05) is 11.4 Å². The molecule has 1 aromatic rings. The average Bonchev–Trinajstić information content (AvgIpc) is 2.76. The van der Waals surface area contributed by atoms with E-state index in [0.29, 0.717) is 6.04 Å². The molecule has 4 heteroatoms. The molecule has 2 nitrogen and oxygen atoms in total. The van der Waals surface area contributed by atoms with Gasteiger partial charge in [0.2, 0.25) is 0 Å². The zero-order chi connectivity index (χ0) is 11.1. The molecule has 1 atom stereocenters. The average molecular weight is 242 g/mol. The van der Waals surface area contributed by atoms with Crippen LogP contribution in [-0.2, 0) is 0 Å². The Bertz CT molecular complexity index is 283. The van der Waals surface area contributed by atoms with Gasteiger partial charge in [-0.25, -0.2) is 0 Å². The maximum Gasteiger partial charge on any atom is 0.166 e. The number of thiocarbonyl (C=S) groups is 1. The van der Waals surface area contributed by atoms with Crippen molar-refractivity contribution in [2.45, 2.75) is 32.7 Å². The Morgan fingerprint density at radius 3 is 2.87 bits per heavy atom. The van der Waals surface area contributed by atoms with Crippen molar-refractivity contribution in [3.8, 4) is 0 Å². The molecule has 2 N–H and O–H groups in total. The fourth-order valence-electron chi connectivity index (χ4n) is 1.31. The zero-order valence-corrected chi connectivity index (χ0v) is 10.9. The van der Waals surface area contributed by atoms with Crippen LogP contribution >= 0.6 is 23.6 Å². The first-order valence-electron chi connectivity index (χ1n) is 5.35. The highest BCUT2D eigenvalue weighted by Gasteiger charge is 2.10. The van der Waals surface area contributed by atoms with Crippen molar-refractivity contribution in [3.63, 3.8) is 0 Å². The highest BCUT2D eigenvalue weighted by Crippen LogP contribution is 2.21. The van der Waals surface area contributed by atoms with E-state index in [1.54, 1.807) is 11.3 Å². The Hall–Kier alpha value is -0.610. The lowest BCUT2D eigenvalue weighted by molar-refractivity contribution is 0.625. The first-order valence-corrected chi connectivity index (χ1v) is 6.64. The second kappa shape index (κ2) is 6.80. The summed E-state index contributed by atoms with van der Waals surface area (Å²) < 4.78 is 0. The fraction of sp³-hybridized carbons (Fsp3) is 0.545. The number of thiophene rings is 1. The van der Waals surface area contributed by atoms with E-state index in [1.807, 2.05) is 0 Å². The normalized spacial score (nSPS) is 12.1. The molecule has 84 valence electrons. The summed E-state index contributed by atoms with van der Waals surface area (Å²) in [7, 11) is 0. The van der Waals surface area contributed by atoms with Crippen LogP contribution in [-0.4, -0.2) is 11.7 Å². The molecule has 0 radical (unpaired) electrons. The number of nitrogens with one attached hydrogen (secondary N) is 2. The van der Waals surface area contributed by atoms with Crippen LogP contribution in [0.4, 0.5) is 0 Å². The molecular weight excluding hydrogens is 224 g/mol. The van der Waals surface area contributed by atoms with Crippen molar-refractivity contribution in [2.24, 2.45) is 0 Å². The monoisotopic (exact) mass is 242 g/mol. The van der Waals surface area contributed by atoms with E-state index in [0.717, 1.165) is 24.5 Å². The summed E-state index contributed by atoms with van der Waals surface area (Å²) in [6.07, 6.45) is 2.14. The summed E-state index contributed by atoms with van der Waals surface area (Å²) in [4.78, 5) is 1.35. The van der Waals surface area contributed by atoms with Gasteiger partial charge >= 0.3 is 0 Å². The molecular formula is C11H18N2S2. The van der Waals surface area contributed by atoms with Gasteiger partial charge in [0.15, 0.2) is 5.11 Å². The zero-order valence-electron chi connectivity index (χ0n) is 9.25. The van der Waals surface area contributed by atoms with E-state index in [4.69, 9.17) is 12.2 Å². The van der Waals surface area contributed by atoms with Crippen molar-refractivity contribution in [2.75, 3.05) is 6.54 Å². The third-order valence-electron chi connectivity index (χ3n) is 2.14. The van der Waals surface area contributed by atoms with Crippen LogP contribution in [0.3, 0.4) is 0 Å². The van der Waals surface area contributed by atoms with Gasteiger partial charge in [-0.15, -0.1) is 11.3 Å². The van der Waals surface area contributed by atoms with Gasteiger partial charge in [0.05, 0.1) is 6.04 Å². The van der Waals surface area contributed by atoms with Crippen molar-refractivity contribution in [1.82, 2.24) is 10.6 Å².